The molecule has 1 unspecified atom stereocenters. The van der Waals surface area contributed by atoms with Gasteiger partial charge in [0.25, 0.3) is 0 Å². The Hall–Kier alpha value is -2.04. The van der Waals surface area contributed by atoms with Crippen LogP contribution in [-0.4, -0.2) is 31.5 Å². The van der Waals surface area contributed by atoms with Crippen molar-refractivity contribution in [2.24, 2.45) is 0 Å². The molecule has 0 saturated carbocycles. The lowest BCUT2D eigenvalue weighted by molar-refractivity contribution is -0.0230. The van der Waals surface area contributed by atoms with Crippen molar-refractivity contribution in [1.82, 2.24) is 0 Å². The van der Waals surface area contributed by atoms with Gasteiger partial charge in [-0.25, -0.2) is 0 Å². The first-order valence-corrected chi connectivity index (χ1v) is 6.85. The zero-order valence-corrected chi connectivity index (χ0v) is 12.1. The maximum Gasteiger partial charge on any atom is 0.161 e. The molecule has 0 aromatic heterocycles. The molecule has 4 nitrogen and oxygen atoms in total. The smallest absolute Gasteiger partial charge is 0.161 e. The molecular weight excluding hydrogens is 268 g/mol. The monoisotopic (exact) mass is 288 g/mol. The molecule has 2 aromatic carbocycles. The van der Waals surface area contributed by atoms with E-state index in [4.69, 9.17) is 14.2 Å². The van der Waals surface area contributed by atoms with Crippen LogP contribution >= 0.6 is 0 Å². The Kier molecular flexibility index (Phi) is 6.06. The van der Waals surface area contributed by atoms with Gasteiger partial charge >= 0.3 is 0 Å². The molecule has 0 heterocycles. The van der Waals surface area contributed by atoms with Crippen molar-refractivity contribution in [3.05, 3.63) is 60.2 Å². The quantitative estimate of drug-likeness (QED) is 0.811. The van der Waals surface area contributed by atoms with Crippen molar-refractivity contribution in [2.75, 3.05) is 20.3 Å². The van der Waals surface area contributed by atoms with E-state index < -0.39 is 0 Å². The molecule has 1 atom stereocenters. The maximum atomic E-state index is 9.37. The minimum absolute atomic E-state index is 0.0953. The van der Waals surface area contributed by atoms with Gasteiger partial charge in [-0.05, 0) is 17.7 Å². The van der Waals surface area contributed by atoms with Crippen LogP contribution in [0.4, 0.5) is 0 Å². The summed E-state index contributed by atoms with van der Waals surface area (Å²) in [5.41, 5.74) is 1.06. The average molecular weight is 288 g/mol. The number of rotatable bonds is 8. The van der Waals surface area contributed by atoms with Gasteiger partial charge in [0.1, 0.15) is 12.7 Å². The molecule has 0 radical (unpaired) electrons. The minimum atomic E-state index is -0.380. The van der Waals surface area contributed by atoms with Crippen molar-refractivity contribution in [1.29, 1.82) is 0 Å². The average Bonchev–Trinajstić information content (AvgIpc) is 2.56. The van der Waals surface area contributed by atoms with Gasteiger partial charge in [-0.1, -0.05) is 42.5 Å². The second-order valence-corrected chi connectivity index (χ2v) is 4.56. The lowest BCUT2D eigenvalue weighted by atomic mass is 10.2. The van der Waals surface area contributed by atoms with E-state index in [2.05, 4.69) is 0 Å². The molecule has 112 valence electrons. The van der Waals surface area contributed by atoms with E-state index in [1.807, 2.05) is 54.6 Å². The highest BCUT2D eigenvalue weighted by Crippen LogP contribution is 2.25. The Bertz CT molecular complexity index is 527. The van der Waals surface area contributed by atoms with Gasteiger partial charge < -0.3 is 19.3 Å². The van der Waals surface area contributed by atoms with Gasteiger partial charge in [0.05, 0.1) is 20.3 Å². The van der Waals surface area contributed by atoms with E-state index in [1.165, 1.54) is 0 Å². The Labute approximate surface area is 124 Å². The molecule has 0 fully saturated rings. The van der Waals surface area contributed by atoms with Gasteiger partial charge in [-0.2, -0.15) is 0 Å². The van der Waals surface area contributed by atoms with Crippen LogP contribution in [0.15, 0.2) is 54.6 Å². The first-order valence-electron chi connectivity index (χ1n) is 6.85. The Balaban J connectivity index is 1.85. The molecule has 0 aliphatic heterocycles. The predicted molar refractivity (Wildman–Crippen MR) is 80.6 cm³/mol. The van der Waals surface area contributed by atoms with Crippen molar-refractivity contribution in [2.45, 2.75) is 12.7 Å². The van der Waals surface area contributed by atoms with Gasteiger partial charge in [-0.3, -0.25) is 0 Å². The third kappa shape index (κ3) is 4.77. The Morgan fingerprint density at radius 1 is 0.952 bits per heavy atom. The van der Waals surface area contributed by atoms with Crippen molar-refractivity contribution in [3.63, 3.8) is 0 Å². The second-order valence-electron chi connectivity index (χ2n) is 4.56. The number of ether oxygens (including phenoxy) is 3. The molecule has 0 bridgehead atoms. The summed E-state index contributed by atoms with van der Waals surface area (Å²) in [5.74, 6) is 1.30. The summed E-state index contributed by atoms with van der Waals surface area (Å²) in [7, 11) is 1.59. The zero-order chi connectivity index (χ0) is 14.9. The lowest BCUT2D eigenvalue weighted by Gasteiger charge is -2.17. The first kappa shape index (κ1) is 15.4. The molecule has 4 heteroatoms. The predicted octanol–water partition coefficient (Wildman–Crippen LogP) is 2.65. The Morgan fingerprint density at radius 2 is 1.62 bits per heavy atom. The molecule has 0 amide bonds. The summed E-state index contributed by atoms with van der Waals surface area (Å²) in [5, 5.41) is 9.37. The standard InChI is InChI=1S/C17H20O4/c1-19-16-9-5-6-10-17(16)21-13-15(11-18)20-12-14-7-3-2-4-8-14/h2-10,15,18H,11-13H2,1H3. The fourth-order valence-electron chi connectivity index (χ4n) is 1.86. The van der Waals surface area contributed by atoms with Gasteiger partial charge in [0.15, 0.2) is 11.5 Å². The molecule has 2 aromatic rings. The van der Waals surface area contributed by atoms with Gasteiger partial charge in [0, 0.05) is 0 Å². The van der Waals surface area contributed by atoms with Gasteiger partial charge in [-0.15, -0.1) is 0 Å². The van der Waals surface area contributed by atoms with Crippen LogP contribution in [0.3, 0.4) is 0 Å². The SMILES string of the molecule is COc1ccccc1OCC(CO)OCc1ccccc1. The molecule has 2 rings (SSSR count). The fraction of sp³-hybridized carbons (Fsp3) is 0.294. The number of aliphatic hydroxyl groups is 1. The molecular formula is C17H20O4. The minimum Gasteiger partial charge on any atom is -0.493 e. The molecule has 0 aliphatic rings. The summed E-state index contributed by atoms with van der Waals surface area (Å²) in [6.07, 6.45) is -0.380. The van der Waals surface area contributed by atoms with Crippen LogP contribution in [0.2, 0.25) is 0 Å². The normalized spacial score (nSPS) is 11.9. The van der Waals surface area contributed by atoms with E-state index in [-0.39, 0.29) is 19.3 Å². The number of benzene rings is 2. The fourth-order valence-corrected chi connectivity index (χ4v) is 1.86. The van der Waals surface area contributed by atoms with Crippen molar-refractivity contribution < 1.29 is 19.3 Å². The van der Waals surface area contributed by atoms with Crippen LogP contribution < -0.4 is 9.47 Å². The highest BCUT2D eigenvalue weighted by Gasteiger charge is 2.11. The summed E-state index contributed by atoms with van der Waals surface area (Å²) in [6.45, 7) is 0.618. The highest BCUT2D eigenvalue weighted by atomic mass is 16.5. The zero-order valence-electron chi connectivity index (χ0n) is 12.1. The summed E-state index contributed by atoms with van der Waals surface area (Å²) in [4.78, 5) is 0. The molecule has 0 aliphatic carbocycles. The summed E-state index contributed by atoms with van der Waals surface area (Å²) < 4.78 is 16.5. The van der Waals surface area contributed by atoms with E-state index in [0.717, 1.165) is 5.56 Å². The first-order chi connectivity index (χ1) is 10.3. The maximum absolute atomic E-state index is 9.37. The molecule has 0 saturated heterocycles. The Morgan fingerprint density at radius 3 is 2.29 bits per heavy atom. The number of hydrogen-bond acceptors (Lipinski definition) is 4. The summed E-state index contributed by atoms with van der Waals surface area (Å²) >= 11 is 0. The number of hydrogen-bond donors (Lipinski definition) is 1. The van der Waals surface area contributed by atoms with Crippen molar-refractivity contribution >= 4 is 0 Å². The van der Waals surface area contributed by atoms with Crippen LogP contribution in [0.1, 0.15) is 5.56 Å². The largest absolute Gasteiger partial charge is 0.493 e. The van der Waals surface area contributed by atoms with E-state index >= 15 is 0 Å². The molecule has 1 N–H and O–H groups in total. The van der Waals surface area contributed by atoms with E-state index in [1.54, 1.807) is 7.11 Å². The van der Waals surface area contributed by atoms with Crippen molar-refractivity contribution in [3.8, 4) is 11.5 Å². The van der Waals surface area contributed by atoms with E-state index in [9.17, 15) is 5.11 Å². The molecule has 0 spiro atoms. The topological polar surface area (TPSA) is 47.9 Å². The van der Waals surface area contributed by atoms with Crippen LogP contribution in [-0.2, 0) is 11.3 Å². The van der Waals surface area contributed by atoms with Crippen LogP contribution in [0.25, 0.3) is 0 Å². The van der Waals surface area contributed by atoms with E-state index in [0.29, 0.717) is 18.1 Å². The lowest BCUT2D eigenvalue weighted by Crippen LogP contribution is -2.25. The summed E-state index contributed by atoms with van der Waals surface area (Å²) in [6, 6.07) is 17.2. The number of methoxy groups -OCH3 is 1. The highest BCUT2D eigenvalue weighted by molar-refractivity contribution is 5.39. The third-order valence-electron chi connectivity index (χ3n) is 3.03. The van der Waals surface area contributed by atoms with Gasteiger partial charge in [0.2, 0.25) is 0 Å². The van der Waals surface area contributed by atoms with Crippen LogP contribution in [0.5, 0.6) is 11.5 Å². The molecule has 21 heavy (non-hydrogen) atoms. The third-order valence-corrected chi connectivity index (χ3v) is 3.03. The number of aliphatic hydroxyl groups excluding tert-OH is 1. The number of para-hydroxylation sites is 2. The van der Waals surface area contributed by atoms with Crippen LogP contribution in [0, 0.1) is 0 Å². The second kappa shape index (κ2) is 8.29.